The molecule has 0 aliphatic carbocycles. The van der Waals surface area contributed by atoms with Crippen LogP contribution in [0.5, 0.6) is 0 Å². The molecule has 0 saturated carbocycles. The summed E-state index contributed by atoms with van der Waals surface area (Å²) in [6.45, 7) is 1.70. The number of aryl methyl sites for hydroxylation is 1. The van der Waals surface area contributed by atoms with E-state index in [1.165, 1.54) is 0 Å². The maximum atomic E-state index is 8.95. The Balaban J connectivity index is 2.25. The average Bonchev–Trinajstić information content (AvgIpc) is 2.94. The van der Waals surface area contributed by atoms with Crippen molar-refractivity contribution in [3.63, 3.8) is 0 Å². The number of hydrogen-bond acceptors (Lipinski definition) is 7. The van der Waals surface area contributed by atoms with E-state index in [1.54, 1.807) is 49.4 Å². The predicted molar refractivity (Wildman–Crippen MR) is 72.0 cm³/mol. The Kier molecular flexibility index (Phi) is 3.95. The zero-order chi connectivity index (χ0) is 15.2. The third kappa shape index (κ3) is 3.04. The van der Waals surface area contributed by atoms with Crippen LogP contribution in [0.1, 0.15) is 5.89 Å². The Bertz CT molecular complexity index is 795. The van der Waals surface area contributed by atoms with Crippen LogP contribution in [0.25, 0.3) is 11.4 Å². The second-order valence-corrected chi connectivity index (χ2v) is 3.92. The lowest BCUT2D eigenvalue weighted by molar-refractivity contribution is 0.394. The Morgan fingerprint density at radius 1 is 1.10 bits per heavy atom. The fourth-order valence-electron chi connectivity index (χ4n) is 1.55. The van der Waals surface area contributed by atoms with Crippen molar-refractivity contribution in [1.29, 1.82) is 15.8 Å². The maximum Gasteiger partial charge on any atom is 0.223 e. The van der Waals surface area contributed by atoms with E-state index in [0.29, 0.717) is 17.4 Å². The fourth-order valence-corrected chi connectivity index (χ4v) is 1.55. The van der Waals surface area contributed by atoms with Gasteiger partial charge in [0.05, 0.1) is 0 Å². The average molecular weight is 276 g/mol. The lowest BCUT2D eigenvalue weighted by Crippen LogP contribution is -2.00. The van der Waals surface area contributed by atoms with Crippen LogP contribution in [-0.2, 0) is 0 Å². The molecule has 0 bridgehead atoms. The Morgan fingerprint density at radius 3 is 2.24 bits per heavy atom. The van der Waals surface area contributed by atoms with E-state index in [-0.39, 0.29) is 11.3 Å². The molecule has 0 spiro atoms. The molecule has 0 radical (unpaired) electrons. The Morgan fingerprint density at radius 2 is 1.76 bits per heavy atom. The first-order chi connectivity index (χ1) is 10.2. The van der Waals surface area contributed by atoms with E-state index in [4.69, 9.17) is 20.3 Å². The standard InChI is InChI=1S/C14H8N6O/c1-9-18-14(20-21-9)10-2-4-12(5-3-10)19-13(8-17)11(6-15)7-16/h2-5,19H,1H3. The quantitative estimate of drug-likeness (QED) is 0.853. The molecule has 0 fully saturated rings. The van der Waals surface area contributed by atoms with Gasteiger partial charge in [-0.3, -0.25) is 0 Å². The summed E-state index contributed by atoms with van der Waals surface area (Å²) in [5.74, 6) is 0.930. The minimum absolute atomic E-state index is 0.0943. The largest absolute Gasteiger partial charge is 0.345 e. The first-order valence-electron chi connectivity index (χ1n) is 5.80. The van der Waals surface area contributed by atoms with Gasteiger partial charge in [0.2, 0.25) is 11.7 Å². The molecule has 1 aromatic heterocycles. The number of nitrogens with one attached hydrogen (secondary N) is 1. The second kappa shape index (κ2) is 6.01. The van der Waals surface area contributed by atoms with Crippen molar-refractivity contribution < 1.29 is 4.52 Å². The normalized spacial score (nSPS) is 9.05. The summed E-state index contributed by atoms with van der Waals surface area (Å²) in [6.07, 6.45) is 0. The number of benzene rings is 1. The van der Waals surface area contributed by atoms with Crippen molar-refractivity contribution in [1.82, 2.24) is 10.1 Å². The molecule has 0 aliphatic rings. The van der Waals surface area contributed by atoms with Crippen LogP contribution in [-0.4, -0.2) is 10.1 Å². The molecule has 7 nitrogen and oxygen atoms in total. The number of hydrogen-bond donors (Lipinski definition) is 1. The number of aromatic nitrogens is 2. The van der Waals surface area contributed by atoms with E-state index < -0.39 is 0 Å². The topological polar surface area (TPSA) is 122 Å². The fraction of sp³-hybridized carbons (Fsp3) is 0.0714. The van der Waals surface area contributed by atoms with E-state index in [1.807, 2.05) is 0 Å². The number of rotatable bonds is 3. The highest BCUT2D eigenvalue weighted by atomic mass is 16.5. The molecule has 100 valence electrons. The van der Waals surface area contributed by atoms with Crippen LogP contribution in [0.2, 0.25) is 0 Å². The van der Waals surface area contributed by atoms with Crippen molar-refractivity contribution in [2.24, 2.45) is 0 Å². The van der Waals surface area contributed by atoms with E-state index >= 15 is 0 Å². The van der Waals surface area contributed by atoms with Crippen LogP contribution >= 0.6 is 0 Å². The minimum Gasteiger partial charge on any atom is -0.345 e. The van der Waals surface area contributed by atoms with Crippen molar-refractivity contribution in [2.75, 3.05) is 5.32 Å². The van der Waals surface area contributed by atoms with Gasteiger partial charge in [-0.2, -0.15) is 20.8 Å². The smallest absolute Gasteiger partial charge is 0.223 e. The third-order valence-electron chi connectivity index (χ3n) is 2.53. The number of nitrogens with zero attached hydrogens (tertiary/aromatic N) is 5. The van der Waals surface area contributed by atoms with Crippen molar-refractivity contribution >= 4 is 5.69 Å². The molecular weight excluding hydrogens is 268 g/mol. The van der Waals surface area contributed by atoms with E-state index in [2.05, 4.69) is 15.5 Å². The van der Waals surface area contributed by atoms with E-state index in [9.17, 15) is 0 Å². The van der Waals surface area contributed by atoms with Crippen LogP contribution in [0, 0.1) is 40.9 Å². The van der Waals surface area contributed by atoms with Gasteiger partial charge in [0.25, 0.3) is 0 Å². The summed E-state index contributed by atoms with van der Waals surface area (Å²) in [4.78, 5) is 4.10. The highest BCUT2D eigenvalue weighted by Gasteiger charge is 2.08. The van der Waals surface area contributed by atoms with Gasteiger partial charge >= 0.3 is 0 Å². The van der Waals surface area contributed by atoms with Crippen LogP contribution in [0.4, 0.5) is 5.69 Å². The van der Waals surface area contributed by atoms with E-state index in [0.717, 1.165) is 5.56 Å². The molecule has 21 heavy (non-hydrogen) atoms. The summed E-state index contributed by atoms with van der Waals surface area (Å²) >= 11 is 0. The number of allylic oxidation sites excluding steroid dienone is 2. The van der Waals surface area contributed by atoms with Crippen molar-refractivity contribution in [3.8, 4) is 29.6 Å². The predicted octanol–water partition coefficient (Wildman–Crippen LogP) is 2.28. The molecule has 2 aromatic rings. The summed E-state index contributed by atoms with van der Waals surface area (Å²) < 4.78 is 4.89. The minimum atomic E-state index is -0.268. The number of anilines is 1. The molecule has 1 N–H and O–H groups in total. The lowest BCUT2D eigenvalue weighted by atomic mass is 10.2. The van der Waals surface area contributed by atoms with Gasteiger partial charge in [0.15, 0.2) is 5.57 Å². The third-order valence-corrected chi connectivity index (χ3v) is 2.53. The second-order valence-electron chi connectivity index (χ2n) is 3.92. The summed E-state index contributed by atoms with van der Waals surface area (Å²) in [7, 11) is 0. The zero-order valence-corrected chi connectivity index (χ0v) is 11.0. The molecule has 2 rings (SSSR count). The van der Waals surface area contributed by atoms with Gasteiger partial charge in [-0.25, -0.2) is 0 Å². The molecule has 7 heteroatoms. The first kappa shape index (κ1) is 13.8. The van der Waals surface area contributed by atoms with Crippen molar-refractivity contribution in [2.45, 2.75) is 6.92 Å². The van der Waals surface area contributed by atoms with Crippen LogP contribution in [0.15, 0.2) is 40.1 Å². The van der Waals surface area contributed by atoms with Gasteiger partial charge in [-0.1, -0.05) is 5.16 Å². The van der Waals surface area contributed by atoms with Crippen LogP contribution in [0.3, 0.4) is 0 Å². The van der Waals surface area contributed by atoms with Gasteiger partial charge in [-0.05, 0) is 24.3 Å². The molecule has 0 aliphatic heterocycles. The monoisotopic (exact) mass is 276 g/mol. The SMILES string of the molecule is Cc1nc(-c2ccc(NC(C#N)=C(C#N)C#N)cc2)no1. The molecule has 0 amide bonds. The van der Waals surface area contributed by atoms with Crippen molar-refractivity contribution in [3.05, 3.63) is 41.4 Å². The molecular formula is C14H8N6O. The maximum absolute atomic E-state index is 8.95. The van der Waals surface area contributed by atoms with Gasteiger partial charge in [-0.15, -0.1) is 0 Å². The lowest BCUT2D eigenvalue weighted by Gasteiger charge is -2.04. The molecule has 0 saturated heterocycles. The Hall–Kier alpha value is -3.63. The molecule has 0 atom stereocenters. The molecule has 1 aromatic carbocycles. The summed E-state index contributed by atoms with van der Waals surface area (Å²) in [5.41, 5.74) is 0.956. The molecule has 0 unspecified atom stereocenters. The summed E-state index contributed by atoms with van der Waals surface area (Å²) in [6, 6.07) is 12.0. The summed E-state index contributed by atoms with van der Waals surface area (Å²) in [5, 5.41) is 33.0. The highest BCUT2D eigenvalue weighted by molar-refractivity contribution is 5.63. The van der Waals surface area contributed by atoms with Gasteiger partial charge in [0.1, 0.15) is 23.9 Å². The first-order valence-corrected chi connectivity index (χ1v) is 5.80. The molecule has 1 heterocycles. The van der Waals surface area contributed by atoms with Crippen LogP contribution < -0.4 is 5.32 Å². The highest BCUT2D eigenvalue weighted by Crippen LogP contribution is 2.19. The zero-order valence-electron chi connectivity index (χ0n) is 11.0. The number of nitriles is 3. The van der Waals surface area contributed by atoms with Gasteiger partial charge in [0, 0.05) is 18.2 Å². The van der Waals surface area contributed by atoms with Gasteiger partial charge < -0.3 is 9.84 Å². The Labute approximate surface area is 120 Å².